The van der Waals surface area contributed by atoms with E-state index in [1.165, 1.54) is 18.4 Å². The van der Waals surface area contributed by atoms with Crippen molar-refractivity contribution in [2.24, 2.45) is 0 Å². The number of likely N-dealkylation sites (tertiary alicyclic amines) is 1. The van der Waals surface area contributed by atoms with Crippen molar-refractivity contribution in [2.45, 2.75) is 18.8 Å². The quantitative estimate of drug-likeness (QED) is 0.884. The summed E-state index contributed by atoms with van der Waals surface area (Å²) in [5.74, 6) is 2.13. The molecule has 23 heavy (non-hydrogen) atoms. The standard InChI is InChI=1S/C17H23N5O/c1-23-11-10-22-8-3-14(4-9-22)15-2-5-19-16(12-15)21-17-13-18-6-7-20-17/h2,5-7,12-14H,3-4,8-11H2,1H3,(H,19,20,21). The molecule has 0 atom stereocenters. The number of anilines is 2. The maximum atomic E-state index is 5.16. The molecule has 3 rings (SSSR count). The first kappa shape index (κ1) is 15.8. The molecular formula is C17H23N5O. The van der Waals surface area contributed by atoms with Gasteiger partial charge in [-0.1, -0.05) is 0 Å². The monoisotopic (exact) mass is 313 g/mol. The van der Waals surface area contributed by atoms with Crippen molar-refractivity contribution in [3.05, 3.63) is 42.5 Å². The minimum Gasteiger partial charge on any atom is -0.383 e. The van der Waals surface area contributed by atoms with E-state index >= 15 is 0 Å². The van der Waals surface area contributed by atoms with Crippen LogP contribution in [0.25, 0.3) is 0 Å². The Bertz CT molecular complexity index is 599. The molecule has 1 saturated heterocycles. The number of nitrogens with zero attached hydrogens (tertiary/aromatic N) is 4. The van der Waals surface area contributed by atoms with Crippen LogP contribution in [0.3, 0.4) is 0 Å². The lowest BCUT2D eigenvalue weighted by Gasteiger charge is -2.32. The van der Waals surface area contributed by atoms with Crippen molar-refractivity contribution >= 4 is 11.6 Å². The Morgan fingerprint density at radius 2 is 2.00 bits per heavy atom. The fourth-order valence-corrected chi connectivity index (χ4v) is 2.97. The Balaban J connectivity index is 1.60. The molecule has 6 nitrogen and oxygen atoms in total. The van der Waals surface area contributed by atoms with E-state index < -0.39 is 0 Å². The fourth-order valence-electron chi connectivity index (χ4n) is 2.97. The number of methoxy groups -OCH3 is 1. The van der Waals surface area contributed by atoms with Crippen LogP contribution in [0.5, 0.6) is 0 Å². The second-order valence-corrected chi connectivity index (χ2v) is 5.80. The highest BCUT2D eigenvalue weighted by Gasteiger charge is 2.20. The smallest absolute Gasteiger partial charge is 0.150 e. The maximum Gasteiger partial charge on any atom is 0.150 e. The Kier molecular flexibility index (Phi) is 5.50. The average Bonchev–Trinajstić information content (AvgIpc) is 2.61. The Hall–Kier alpha value is -2.05. The second-order valence-electron chi connectivity index (χ2n) is 5.80. The highest BCUT2D eigenvalue weighted by atomic mass is 16.5. The predicted molar refractivity (Wildman–Crippen MR) is 89.8 cm³/mol. The van der Waals surface area contributed by atoms with Gasteiger partial charge in [-0.2, -0.15) is 0 Å². The molecule has 6 heteroatoms. The molecule has 0 amide bonds. The van der Waals surface area contributed by atoms with Crippen LogP contribution in [0.4, 0.5) is 11.6 Å². The highest BCUT2D eigenvalue weighted by Crippen LogP contribution is 2.29. The van der Waals surface area contributed by atoms with E-state index in [0.717, 1.165) is 32.1 Å². The van der Waals surface area contributed by atoms with Crippen LogP contribution in [-0.2, 0) is 4.74 Å². The Morgan fingerprint density at radius 1 is 1.17 bits per heavy atom. The molecule has 122 valence electrons. The molecule has 1 aliphatic heterocycles. The third kappa shape index (κ3) is 4.46. The summed E-state index contributed by atoms with van der Waals surface area (Å²) in [6, 6.07) is 4.25. The molecule has 1 N–H and O–H groups in total. The first-order valence-electron chi connectivity index (χ1n) is 8.05. The van der Waals surface area contributed by atoms with E-state index in [9.17, 15) is 0 Å². The first-order chi connectivity index (χ1) is 11.3. The molecule has 0 bridgehead atoms. The molecule has 2 aromatic heterocycles. The molecule has 0 aromatic carbocycles. The second kappa shape index (κ2) is 7.99. The van der Waals surface area contributed by atoms with Gasteiger partial charge in [0.05, 0.1) is 12.8 Å². The van der Waals surface area contributed by atoms with Crippen LogP contribution in [-0.4, -0.2) is 53.2 Å². The van der Waals surface area contributed by atoms with Crippen LogP contribution in [0.1, 0.15) is 24.3 Å². The van der Waals surface area contributed by atoms with Gasteiger partial charge in [-0.25, -0.2) is 9.97 Å². The van der Waals surface area contributed by atoms with Crippen molar-refractivity contribution in [1.82, 2.24) is 19.9 Å². The molecule has 0 saturated carbocycles. The van der Waals surface area contributed by atoms with Crippen LogP contribution >= 0.6 is 0 Å². The van der Waals surface area contributed by atoms with Gasteiger partial charge in [0.25, 0.3) is 0 Å². The van der Waals surface area contributed by atoms with Gasteiger partial charge >= 0.3 is 0 Å². The van der Waals surface area contributed by atoms with E-state index in [1.54, 1.807) is 25.7 Å². The van der Waals surface area contributed by atoms with Crippen molar-refractivity contribution in [3.63, 3.8) is 0 Å². The number of piperidine rings is 1. The zero-order valence-electron chi connectivity index (χ0n) is 13.5. The Labute approximate surface area is 136 Å². The molecular weight excluding hydrogens is 290 g/mol. The minimum atomic E-state index is 0.596. The molecule has 3 heterocycles. The summed E-state index contributed by atoms with van der Waals surface area (Å²) >= 11 is 0. The van der Waals surface area contributed by atoms with Gasteiger partial charge in [0, 0.05) is 32.2 Å². The third-order valence-corrected chi connectivity index (χ3v) is 4.27. The number of hydrogen-bond acceptors (Lipinski definition) is 6. The zero-order valence-corrected chi connectivity index (χ0v) is 13.5. The molecule has 2 aromatic rings. The summed E-state index contributed by atoms with van der Waals surface area (Å²) in [6.07, 6.45) is 9.25. The molecule has 1 fully saturated rings. The molecule has 0 unspecified atom stereocenters. The number of ether oxygens (including phenoxy) is 1. The summed E-state index contributed by atoms with van der Waals surface area (Å²) in [5.41, 5.74) is 1.35. The first-order valence-corrected chi connectivity index (χ1v) is 8.05. The van der Waals surface area contributed by atoms with Crippen molar-refractivity contribution < 1.29 is 4.74 Å². The van der Waals surface area contributed by atoms with Gasteiger partial charge < -0.3 is 15.0 Å². The lowest BCUT2D eigenvalue weighted by atomic mass is 9.90. The third-order valence-electron chi connectivity index (χ3n) is 4.27. The van der Waals surface area contributed by atoms with Crippen LogP contribution in [0.15, 0.2) is 36.9 Å². The van der Waals surface area contributed by atoms with Gasteiger partial charge in [-0.05, 0) is 49.5 Å². The van der Waals surface area contributed by atoms with Crippen molar-refractivity contribution in [3.8, 4) is 0 Å². The van der Waals surface area contributed by atoms with Crippen molar-refractivity contribution in [2.75, 3.05) is 38.7 Å². The van der Waals surface area contributed by atoms with Crippen molar-refractivity contribution in [1.29, 1.82) is 0 Å². The van der Waals surface area contributed by atoms with E-state index in [4.69, 9.17) is 4.74 Å². The zero-order chi connectivity index (χ0) is 15.9. The van der Waals surface area contributed by atoms with E-state index in [0.29, 0.717) is 11.7 Å². The van der Waals surface area contributed by atoms with Gasteiger partial charge in [0.15, 0.2) is 0 Å². The van der Waals surface area contributed by atoms with Gasteiger partial charge in [0.1, 0.15) is 11.6 Å². The molecule has 0 spiro atoms. The van der Waals surface area contributed by atoms with E-state index in [2.05, 4.69) is 37.3 Å². The normalized spacial score (nSPS) is 16.4. The maximum absolute atomic E-state index is 5.16. The summed E-state index contributed by atoms with van der Waals surface area (Å²) in [6.45, 7) is 4.09. The molecule has 0 aliphatic carbocycles. The average molecular weight is 313 g/mol. The van der Waals surface area contributed by atoms with Crippen LogP contribution in [0, 0.1) is 0 Å². The largest absolute Gasteiger partial charge is 0.383 e. The predicted octanol–water partition coefficient (Wildman–Crippen LogP) is 2.44. The topological polar surface area (TPSA) is 63.2 Å². The lowest BCUT2D eigenvalue weighted by molar-refractivity contribution is 0.130. The van der Waals surface area contributed by atoms with Gasteiger partial charge in [-0.15, -0.1) is 0 Å². The summed E-state index contributed by atoms with van der Waals surface area (Å²) in [5, 5.41) is 3.21. The molecule has 0 radical (unpaired) electrons. The van der Waals surface area contributed by atoms with Crippen LogP contribution in [0.2, 0.25) is 0 Å². The van der Waals surface area contributed by atoms with Crippen LogP contribution < -0.4 is 5.32 Å². The number of rotatable bonds is 6. The summed E-state index contributed by atoms with van der Waals surface area (Å²) in [7, 11) is 1.76. The number of aromatic nitrogens is 3. The van der Waals surface area contributed by atoms with Gasteiger partial charge in [-0.3, -0.25) is 4.98 Å². The van der Waals surface area contributed by atoms with Gasteiger partial charge in [0.2, 0.25) is 0 Å². The Morgan fingerprint density at radius 3 is 2.74 bits per heavy atom. The summed E-state index contributed by atoms with van der Waals surface area (Å²) < 4.78 is 5.16. The SMILES string of the molecule is COCCN1CCC(c2ccnc(Nc3cnccn3)c2)CC1. The van der Waals surface area contributed by atoms with E-state index in [-0.39, 0.29) is 0 Å². The number of pyridine rings is 1. The number of hydrogen-bond donors (Lipinski definition) is 1. The summed E-state index contributed by atoms with van der Waals surface area (Å²) in [4.78, 5) is 15.1. The molecule has 1 aliphatic rings. The number of nitrogens with one attached hydrogen (secondary N) is 1. The fraction of sp³-hybridized carbons (Fsp3) is 0.471. The highest BCUT2D eigenvalue weighted by molar-refractivity contribution is 5.51. The van der Waals surface area contributed by atoms with E-state index in [1.807, 2.05) is 6.20 Å². The minimum absolute atomic E-state index is 0.596. The lowest BCUT2D eigenvalue weighted by Crippen LogP contribution is -2.35.